The summed E-state index contributed by atoms with van der Waals surface area (Å²) in [6.07, 6.45) is 1.28. The number of hydrogen-bond donors (Lipinski definition) is 1. The Bertz CT molecular complexity index is 171. The van der Waals surface area contributed by atoms with E-state index in [1.807, 2.05) is 0 Å². The third kappa shape index (κ3) is 0.900. The number of nitrogen functional groups attached to an aromatic ring is 1. The molecular formula is C4H4FN3. The number of nitrogens with zero attached hydrogens (tertiary/aromatic N) is 2. The van der Waals surface area contributed by atoms with Crippen LogP contribution in [0.1, 0.15) is 0 Å². The number of hydrogen-bond acceptors (Lipinski definition) is 3. The van der Waals surface area contributed by atoms with E-state index in [0.717, 1.165) is 6.07 Å². The van der Waals surface area contributed by atoms with Gasteiger partial charge in [0.2, 0.25) is 5.95 Å². The van der Waals surface area contributed by atoms with E-state index in [1.54, 1.807) is 0 Å². The fraction of sp³-hybridized carbons (Fsp3) is 0. The Balaban J connectivity index is 3.08. The van der Waals surface area contributed by atoms with Crippen molar-refractivity contribution in [2.45, 2.75) is 0 Å². The minimum absolute atomic E-state index is 0.289. The normalized spacial score (nSPS) is 9.12. The number of rotatable bonds is 0. The van der Waals surface area contributed by atoms with Gasteiger partial charge in [-0.1, -0.05) is 0 Å². The zero-order chi connectivity index (χ0) is 5.98. The van der Waals surface area contributed by atoms with Crippen LogP contribution in [0.15, 0.2) is 12.3 Å². The van der Waals surface area contributed by atoms with Gasteiger partial charge in [-0.3, -0.25) is 0 Å². The van der Waals surface area contributed by atoms with Crippen molar-refractivity contribution < 1.29 is 4.39 Å². The number of halogens is 1. The highest BCUT2D eigenvalue weighted by Gasteiger charge is 1.88. The van der Waals surface area contributed by atoms with Crippen LogP contribution in [0.25, 0.3) is 0 Å². The van der Waals surface area contributed by atoms with Crippen LogP contribution in [0, 0.1) is 5.95 Å². The summed E-state index contributed by atoms with van der Waals surface area (Å²) in [5, 5.41) is 6.28. The first kappa shape index (κ1) is 4.96. The first-order chi connectivity index (χ1) is 3.79. The van der Waals surface area contributed by atoms with E-state index in [1.165, 1.54) is 6.20 Å². The van der Waals surface area contributed by atoms with Gasteiger partial charge in [-0.25, -0.2) is 0 Å². The predicted molar refractivity (Wildman–Crippen MR) is 26.4 cm³/mol. The van der Waals surface area contributed by atoms with E-state index in [0.29, 0.717) is 0 Å². The van der Waals surface area contributed by atoms with Crippen LogP contribution in [0.5, 0.6) is 0 Å². The highest BCUT2D eigenvalue weighted by molar-refractivity contribution is 5.31. The van der Waals surface area contributed by atoms with Crippen LogP contribution in [-0.2, 0) is 0 Å². The third-order valence-corrected chi connectivity index (χ3v) is 0.646. The molecule has 0 aliphatic carbocycles. The molecule has 4 heteroatoms. The Hall–Kier alpha value is -1.19. The summed E-state index contributed by atoms with van der Waals surface area (Å²) in [5.74, 6) is -0.648. The van der Waals surface area contributed by atoms with Gasteiger partial charge in [0.25, 0.3) is 0 Å². The molecule has 0 fully saturated rings. The molecule has 0 aliphatic heterocycles. The van der Waals surface area contributed by atoms with Crippen molar-refractivity contribution in [2.75, 3.05) is 5.73 Å². The molecule has 0 aromatic carbocycles. The second-order valence-electron chi connectivity index (χ2n) is 1.31. The molecule has 0 saturated heterocycles. The Morgan fingerprint density at radius 3 is 2.75 bits per heavy atom. The van der Waals surface area contributed by atoms with E-state index >= 15 is 0 Å². The van der Waals surface area contributed by atoms with Crippen molar-refractivity contribution in [2.24, 2.45) is 0 Å². The fourth-order valence-electron chi connectivity index (χ4n) is 0.354. The summed E-state index contributed by atoms with van der Waals surface area (Å²) < 4.78 is 11.9. The molecule has 0 radical (unpaired) electrons. The summed E-state index contributed by atoms with van der Waals surface area (Å²) in [6, 6.07) is 1.10. The molecule has 0 unspecified atom stereocenters. The molecule has 0 aliphatic rings. The van der Waals surface area contributed by atoms with Crippen LogP contribution in [0.4, 0.5) is 10.1 Å². The van der Waals surface area contributed by atoms with Gasteiger partial charge < -0.3 is 5.73 Å². The lowest BCUT2D eigenvalue weighted by Gasteiger charge is -1.85. The van der Waals surface area contributed by atoms with Gasteiger partial charge in [0.15, 0.2) is 0 Å². The maximum Gasteiger partial charge on any atom is 0.235 e. The average Bonchev–Trinajstić information content (AvgIpc) is 1.64. The lowest BCUT2D eigenvalue weighted by molar-refractivity contribution is 0.564. The molecule has 3 nitrogen and oxygen atoms in total. The minimum Gasteiger partial charge on any atom is -0.397 e. The van der Waals surface area contributed by atoms with Gasteiger partial charge in [0, 0.05) is 6.07 Å². The monoisotopic (exact) mass is 113 g/mol. The Morgan fingerprint density at radius 2 is 2.38 bits per heavy atom. The maximum absolute atomic E-state index is 11.9. The molecule has 42 valence electrons. The molecule has 2 N–H and O–H groups in total. The molecule has 1 aromatic heterocycles. The third-order valence-electron chi connectivity index (χ3n) is 0.646. The highest BCUT2D eigenvalue weighted by atomic mass is 19.1. The number of anilines is 1. The molecule has 0 bridgehead atoms. The van der Waals surface area contributed by atoms with E-state index in [2.05, 4.69) is 10.2 Å². The molecule has 1 heterocycles. The van der Waals surface area contributed by atoms with E-state index in [9.17, 15) is 4.39 Å². The molecule has 0 amide bonds. The van der Waals surface area contributed by atoms with Gasteiger partial charge >= 0.3 is 0 Å². The zero-order valence-corrected chi connectivity index (χ0v) is 4.00. The van der Waals surface area contributed by atoms with Crippen molar-refractivity contribution in [3.05, 3.63) is 18.2 Å². The van der Waals surface area contributed by atoms with E-state index in [4.69, 9.17) is 5.73 Å². The van der Waals surface area contributed by atoms with Crippen molar-refractivity contribution in [1.29, 1.82) is 0 Å². The molecular weight excluding hydrogens is 109 g/mol. The van der Waals surface area contributed by atoms with Gasteiger partial charge in [-0.2, -0.15) is 9.49 Å². The van der Waals surface area contributed by atoms with Gasteiger partial charge in [-0.15, -0.1) is 5.10 Å². The van der Waals surface area contributed by atoms with Crippen molar-refractivity contribution in [1.82, 2.24) is 10.2 Å². The minimum atomic E-state index is -0.648. The zero-order valence-electron chi connectivity index (χ0n) is 4.00. The second-order valence-corrected chi connectivity index (χ2v) is 1.31. The first-order valence-corrected chi connectivity index (χ1v) is 2.03. The molecule has 0 saturated carbocycles. The topological polar surface area (TPSA) is 51.8 Å². The SMILES string of the molecule is Nc1cnnc(F)c1. The fourth-order valence-corrected chi connectivity index (χ4v) is 0.354. The lowest BCUT2D eigenvalue weighted by atomic mass is 10.5. The quantitative estimate of drug-likeness (QED) is 0.522. The molecule has 8 heavy (non-hydrogen) atoms. The predicted octanol–water partition coefficient (Wildman–Crippen LogP) is 0.198. The number of nitrogens with two attached hydrogens (primary N) is 1. The Kier molecular flexibility index (Phi) is 1.07. The molecule has 1 aromatic rings. The van der Waals surface area contributed by atoms with Crippen LogP contribution in [0.2, 0.25) is 0 Å². The second kappa shape index (κ2) is 1.73. The smallest absolute Gasteiger partial charge is 0.235 e. The van der Waals surface area contributed by atoms with Crippen molar-refractivity contribution in [3.63, 3.8) is 0 Å². The van der Waals surface area contributed by atoms with Gasteiger partial charge in [-0.05, 0) is 0 Å². The van der Waals surface area contributed by atoms with Crippen LogP contribution < -0.4 is 5.73 Å². The van der Waals surface area contributed by atoms with Crippen LogP contribution in [-0.4, -0.2) is 10.2 Å². The maximum atomic E-state index is 11.9. The summed E-state index contributed by atoms with van der Waals surface area (Å²) in [4.78, 5) is 0. The summed E-state index contributed by atoms with van der Waals surface area (Å²) in [6.45, 7) is 0. The van der Waals surface area contributed by atoms with Crippen molar-refractivity contribution >= 4 is 5.69 Å². The van der Waals surface area contributed by atoms with Gasteiger partial charge in [0.1, 0.15) is 0 Å². The van der Waals surface area contributed by atoms with Gasteiger partial charge in [0.05, 0.1) is 11.9 Å². The van der Waals surface area contributed by atoms with E-state index in [-0.39, 0.29) is 5.69 Å². The molecule has 0 atom stereocenters. The summed E-state index contributed by atoms with van der Waals surface area (Å²) in [7, 11) is 0. The Labute approximate surface area is 45.3 Å². The molecule has 1 rings (SSSR count). The van der Waals surface area contributed by atoms with Crippen LogP contribution >= 0.6 is 0 Å². The largest absolute Gasteiger partial charge is 0.397 e. The van der Waals surface area contributed by atoms with E-state index < -0.39 is 5.95 Å². The molecule has 0 spiro atoms. The summed E-state index contributed by atoms with van der Waals surface area (Å²) >= 11 is 0. The van der Waals surface area contributed by atoms with Crippen molar-refractivity contribution in [3.8, 4) is 0 Å². The first-order valence-electron chi connectivity index (χ1n) is 2.03. The Morgan fingerprint density at radius 1 is 1.62 bits per heavy atom. The lowest BCUT2D eigenvalue weighted by Crippen LogP contribution is -1.90. The summed E-state index contributed by atoms with van der Waals surface area (Å²) in [5.41, 5.74) is 5.41. The average molecular weight is 113 g/mol. The van der Waals surface area contributed by atoms with Crippen LogP contribution in [0.3, 0.4) is 0 Å². The highest BCUT2D eigenvalue weighted by Crippen LogP contribution is 1.96. The standard InChI is InChI=1S/C4H4FN3/c5-4-1-3(6)2-7-8-4/h1-2H,(H2,6,8). The number of aromatic nitrogens is 2.